The van der Waals surface area contributed by atoms with Crippen LogP contribution < -0.4 is 15.2 Å². The lowest BCUT2D eigenvalue weighted by atomic mass is 10.0. The van der Waals surface area contributed by atoms with E-state index in [1.807, 2.05) is 25.1 Å². The molecule has 0 radical (unpaired) electrons. The average Bonchev–Trinajstić information content (AvgIpc) is 2.77. The van der Waals surface area contributed by atoms with Gasteiger partial charge in [0.05, 0.1) is 27.7 Å². The highest BCUT2D eigenvalue weighted by Gasteiger charge is 2.19. The molecule has 0 bridgehead atoms. The second-order valence-corrected chi connectivity index (χ2v) is 9.66. The molecule has 2 aromatic carbocycles. The molecule has 0 saturated heterocycles. The molecule has 0 atom stereocenters. The molecule has 10 heteroatoms. The van der Waals surface area contributed by atoms with Crippen molar-refractivity contribution in [3.8, 4) is 22.9 Å². The zero-order valence-corrected chi connectivity index (χ0v) is 19.6. The molecule has 4 aromatic rings. The van der Waals surface area contributed by atoms with E-state index in [2.05, 4.69) is 19.7 Å². The monoisotopic (exact) mass is 483 g/mol. The summed E-state index contributed by atoms with van der Waals surface area (Å²) >= 11 is 6.38. The van der Waals surface area contributed by atoms with Crippen LogP contribution in [0.4, 0.5) is 11.6 Å². The Hall–Kier alpha value is -3.43. The molecule has 0 aliphatic carbocycles. The van der Waals surface area contributed by atoms with Crippen LogP contribution in [0.1, 0.15) is 18.9 Å². The number of benzene rings is 2. The molecule has 0 saturated carbocycles. The van der Waals surface area contributed by atoms with E-state index in [0.29, 0.717) is 50.8 Å². The molecule has 33 heavy (non-hydrogen) atoms. The van der Waals surface area contributed by atoms with Gasteiger partial charge in [-0.3, -0.25) is 4.72 Å². The molecule has 0 spiro atoms. The van der Waals surface area contributed by atoms with Gasteiger partial charge in [0.15, 0.2) is 0 Å². The Bertz CT molecular complexity index is 1440. The molecule has 170 valence electrons. The predicted molar refractivity (Wildman–Crippen MR) is 131 cm³/mol. The highest BCUT2D eigenvalue weighted by molar-refractivity contribution is 7.92. The first-order valence-electron chi connectivity index (χ1n) is 10.2. The van der Waals surface area contributed by atoms with E-state index in [1.54, 1.807) is 43.6 Å². The summed E-state index contributed by atoms with van der Waals surface area (Å²) in [6, 6.07) is 12.4. The molecule has 8 nitrogen and oxygen atoms in total. The van der Waals surface area contributed by atoms with E-state index in [9.17, 15) is 8.42 Å². The number of aryl methyl sites for hydroxylation is 1. The third-order valence-electron chi connectivity index (χ3n) is 4.95. The normalized spacial score (nSPS) is 11.5. The van der Waals surface area contributed by atoms with Gasteiger partial charge in [-0.25, -0.2) is 23.4 Å². The fourth-order valence-corrected chi connectivity index (χ4v) is 4.90. The van der Waals surface area contributed by atoms with Crippen LogP contribution in [-0.2, 0) is 10.0 Å². The number of nitrogens with zero attached hydrogens (tertiary/aromatic N) is 3. The molecule has 2 aromatic heterocycles. The highest BCUT2D eigenvalue weighted by Crippen LogP contribution is 2.41. The minimum atomic E-state index is -3.54. The molecular weight excluding hydrogens is 462 g/mol. The number of nitrogens with one attached hydrogen (secondary N) is 1. The van der Waals surface area contributed by atoms with Gasteiger partial charge in [0.2, 0.25) is 21.9 Å². The maximum absolute atomic E-state index is 12.4. The topological polar surface area (TPSA) is 120 Å². The molecule has 0 fully saturated rings. The Morgan fingerprint density at radius 1 is 1.06 bits per heavy atom. The number of anilines is 2. The Morgan fingerprint density at radius 2 is 1.85 bits per heavy atom. The summed E-state index contributed by atoms with van der Waals surface area (Å²) < 4.78 is 33.8. The number of halogens is 1. The first-order valence-corrected chi connectivity index (χ1v) is 12.3. The Kier molecular flexibility index (Phi) is 6.35. The van der Waals surface area contributed by atoms with E-state index < -0.39 is 10.0 Å². The summed E-state index contributed by atoms with van der Waals surface area (Å²) in [6.45, 7) is 3.70. The van der Waals surface area contributed by atoms with E-state index >= 15 is 0 Å². The Morgan fingerprint density at radius 3 is 2.61 bits per heavy atom. The van der Waals surface area contributed by atoms with Crippen molar-refractivity contribution in [3.05, 3.63) is 65.4 Å². The van der Waals surface area contributed by atoms with Crippen molar-refractivity contribution in [1.82, 2.24) is 15.0 Å². The van der Waals surface area contributed by atoms with Crippen molar-refractivity contribution in [3.63, 3.8) is 0 Å². The summed E-state index contributed by atoms with van der Waals surface area (Å²) in [7, 11) is -3.54. The zero-order valence-electron chi connectivity index (χ0n) is 18.0. The van der Waals surface area contributed by atoms with Crippen LogP contribution >= 0.6 is 11.6 Å². The minimum Gasteiger partial charge on any atom is -0.437 e. The lowest BCUT2D eigenvalue weighted by molar-refractivity contribution is 0.466. The number of nitrogen functional groups attached to an aromatic ring is 1. The van der Waals surface area contributed by atoms with Gasteiger partial charge in [-0.1, -0.05) is 30.7 Å². The Balaban J connectivity index is 1.84. The van der Waals surface area contributed by atoms with Gasteiger partial charge in [0.1, 0.15) is 5.75 Å². The molecule has 3 N–H and O–H groups in total. The van der Waals surface area contributed by atoms with Crippen molar-refractivity contribution in [1.29, 1.82) is 0 Å². The third-order valence-corrected chi connectivity index (χ3v) is 6.72. The van der Waals surface area contributed by atoms with Gasteiger partial charge in [0, 0.05) is 23.2 Å². The number of nitrogens with two attached hydrogens (primary N) is 1. The van der Waals surface area contributed by atoms with Crippen molar-refractivity contribution in [2.45, 2.75) is 20.3 Å². The molecular formula is C23H22ClN5O3S. The van der Waals surface area contributed by atoms with Gasteiger partial charge in [0.25, 0.3) is 0 Å². The van der Waals surface area contributed by atoms with Crippen molar-refractivity contribution >= 4 is 44.0 Å². The Labute approximate surface area is 196 Å². The minimum absolute atomic E-state index is 0.00566. The van der Waals surface area contributed by atoms with Crippen LogP contribution in [0.2, 0.25) is 5.02 Å². The number of aromatic nitrogens is 3. The van der Waals surface area contributed by atoms with Gasteiger partial charge in [-0.15, -0.1) is 0 Å². The van der Waals surface area contributed by atoms with Crippen LogP contribution in [0.15, 0.2) is 54.9 Å². The van der Waals surface area contributed by atoms with Gasteiger partial charge < -0.3 is 10.5 Å². The second-order valence-electron chi connectivity index (χ2n) is 7.41. The van der Waals surface area contributed by atoms with Crippen LogP contribution in [-0.4, -0.2) is 29.1 Å². The fraction of sp³-hybridized carbons (Fsp3) is 0.174. The predicted octanol–water partition coefficient (Wildman–Crippen LogP) is 5.18. The summed E-state index contributed by atoms with van der Waals surface area (Å²) in [5.41, 5.74) is 8.11. The van der Waals surface area contributed by atoms with E-state index in [1.165, 1.54) is 0 Å². The first-order chi connectivity index (χ1) is 15.8. The van der Waals surface area contributed by atoms with E-state index in [4.69, 9.17) is 22.1 Å². The zero-order chi connectivity index (χ0) is 23.6. The van der Waals surface area contributed by atoms with Crippen LogP contribution in [0, 0.1) is 6.92 Å². The SMILES string of the molecule is CCCS(=O)(=O)Nc1c(Cl)ccc2c(Oc3ncccc3-c3ccnc(N)n3)c(C)ccc12. The maximum atomic E-state index is 12.4. The maximum Gasteiger partial charge on any atom is 0.232 e. The number of hydrogen-bond donors (Lipinski definition) is 2. The second kappa shape index (κ2) is 9.21. The van der Waals surface area contributed by atoms with Crippen molar-refractivity contribution in [2.75, 3.05) is 16.2 Å². The standard InChI is InChI=1S/C23H22ClN5O3S/c1-3-13-33(30,31)29-20-15-7-6-14(2)21(16(15)8-9-18(20)24)32-22-17(5-4-11-26-22)19-10-12-27-23(25)28-19/h4-12,29H,3,13H2,1-2H3,(H2,25,27,28). The summed E-state index contributed by atoms with van der Waals surface area (Å²) in [5.74, 6) is 0.993. The number of rotatable bonds is 7. The van der Waals surface area contributed by atoms with Gasteiger partial charge >= 0.3 is 0 Å². The molecule has 2 heterocycles. The largest absolute Gasteiger partial charge is 0.437 e. The van der Waals surface area contributed by atoms with Crippen LogP contribution in [0.25, 0.3) is 22.0 Å². The number of fused-ring (bicyclic) bond motifs is 1. The van der Waals surface area contributed by atoms with Gasteiger partial charge in [-0.2, -0.15) is 0 Å². The highest BCUT2D eigenvalue weighted by atomic mass is 35.5. The average molecular weight is 484 g/mol. The number of hydrogen-bond acceptors (Lipinski definition) is 7. The lowest BCUT2D eigenvalue weighted by Crippen LogP contribution is -2.16. The molecule has 0 aliphatic heterocycles. The lowest BCUT2D eigenvalue weighted by Gasteiger charge is -2.17. The molecule has 0 aliphatic rings. The smallest absolute Gasteiger partial charge is 0.232 e. The summed E-state index contributed by atoms with van der Waals surface area (Å²) in [5, 5.41) is 1.60. The third kappa shape index (κ3) is 4.84. The van der Waals surface area contributed by atoms with Crippen LogP contribution in [0.5, 0.6) is 11.6 Å². The molecule has 0 amide bonds. The fourth-order valence-electron chi connectivity index (χ4n) is 3.46. The number of pyridine rings is 1. The van der Waals surface area contributed by atoms with Gasteiger partial charge in [-0.05, 0) is 49.2 Å². The van der Waals surface area contributed by atoms with Crippen molar-refractivity contribution < 1.29 is 13.2 Å². The van der Waals surface area contributed by atoms with Crippen LogP contribution in [0.3, 0.4) is 0 Å². The first kappa shape index (κ1) is 22.8. The summed E-state index contributed by atoms with van der Waals surface area (Å²) in [4.78, 5) is 12.6. The molecule has 0 unspecified atom stereocenters. The van der Waals surface area contributed by atoms with E-state index in [0.717, 1.165) is 5.56 Å². The van der Waals surface area contributed by atoms with Crippen molar-refractivity contribution in [2.24, 2.45) is 0 Å². The number of sulfonamides is 1. The summed E-state index contributed by atoms with van der Waals surface area (Å²) in [6.07, 6.45) is 3.67. The molecule has 4 rings (SSSR count). The quantitative estimate of drug-likeness (QED) is 0.371. The van der Waals surface area contributed by atoms with E-state index in [-0.39, 0.29) is 11.7 Å². The number of ether oxygens (including phenoxy) is 1.